The minimum Gasteiger partial charge on any atom is -0.326 e. The molecule has 1 aliphatic heterocycles. The molecule has 4 rings (SSSR count). The zero-order valence-electron chi connectivity index (χ0n) is 19.3. The largest absolute Gasteiger partial charge is 0.326 e. The van der Waals surface area contributed by atoms with Gasteiger partial charge in [0.1, 0.15) is 0 Å². The van der Waals surface area contributed by atoms with Gasteiger partial charge in [0.2, 0.25) is 5.91 Å². The highest BCUT2D eigenvalue weighted by atomic mass is 16.2. The van der Waals surface area contributed by atoms with Gasteiger partial charge in [0.05, 0.1) is 17.6 Å². The second-order valence-electron chi connectivity index (χ2n) is 8.43. The van der Waals surface area contributed by atoms with Gasteiger partial charge in [-0.3, -0.25) is 9.69 Å². The van der Waals surface area contributed by atoms with Crippen molar-refractivity contribution in [2.75, 3.05) is 23.3 Å². The molecule has 0 bridgehead atoms. The molecular formula is C28H28N4O2. The van der Waals surface area contributed by atoms with Crippen LogP contribution >= 0.6 is 0 Å². The predicted octanol–water partition coefficient (Wildman–Crippen LogP) is 5.52. The van der Waals surface area contributed by atoms with E-state index >= 15 is 0 Å². The number of carbonyl (C=O) groups excluding carboxylic acids is 2. The predicted molar refractivity (Wildman–Crippen MR) is 133 cm³/mol. The van der Waals surface area contributed by atoms with E-state index in [0.717, 1.165) is 23.2 Å². The Morgan fingerprint density at radius 3 is 2.50 bits per heavy atom. The number of urea groups is 1. The van der Waals surface area contributed by atoms with Gasteiger partial charge in [-0.25, -0.2) is 4.79 Å². The summed E-state index contributed by atoms with van der Waals surface area (Å²) < 4.78 is 0. The van der Waals surface area contributed by atoms with Crippen LogP contribution in [0.1, 0.15) is 42.4 Å². The van der Waals surface area contributed by atoms with Crippen molar-refractivity contribution in [1.29, 1.82) is 5.26 Å². The number of benzene rings is 3. The summed E-state index contributed by atoms with van der Waals surface area (Å²) in [5, 5.41) is 12.1. The smallest absolute Gasteiger partial charge is 0.324 e. The van der Waals surface area contributed by atoms with Gasteiger partial charge in [-0.2, -0.15) is 5.26 Å². The van der Waals surface area contributed by atoms with Crippen molar-refractivity contribution in [1.82, 2.24) is 4.90 Å². The third kappa shape index (κ3) is 5.26. The van der Waals surface area contributed by atoms with Crippen LogP contribution in [0.5, 0.6) is 0 Å². The molecule has 1 unspecified atom stereocenters. The lowest BCUT2D eigenvalue weighted by molar-refractivity contribution is -0.117. The van der Waals surface area contributed by atoms with Crippen LogP contribution in [0.15, 0.2) is 78.9 Å². The van der Waals surface area contributed by atoms with Crippen LogP contribution in [-0.2, 0) is 11.3 Å². The maximum absolute atomic E-state index is 13.1. The van der Waals surface area contributed by atoms with Crippen LogP contribution < -0.4 is 10.2 Å². The molecule has 3 aromatic carbocycles. The lowest BCUT2D eigenvalue weighted by Gasteiger charge is -2.35. The summed E-state index contributed by atoms with van der Waals surface area (Å²) in [4.78, 5) is 29.6. The molecular weight excluding hydrogens is 424 g/mol. The molecule has 1 fully saturated rings. The van der Waals surface area contributed by atoms with E-state index < -0.39 is 0 Å². The molecule has 0 radical (unpaired) electrons. The Labute approximate surface area is 200 Å². The van der Waals surface area contributed by atoms with E-state index in [1.165, 1.54) is 0 Å². The average Bonchev–Trinajstić information content (AvgIpc) is 2.87. The number of carbonyl (C=O) groups is 2. The Balaban J connectivity index is 1.42. The van der Waals surface area contributed by atoms with Crippen LogP contribution in [0.4, 0.5) is 16.2 Å². The highest BCUT2D eigenvalue weighted by Crippen LogP contribution is 2.25. The van der Waals surface area contributed by atoms with E-state index in [1.807, 2.05) is 79.7 Å². The Kier molecular flexibility index (Phi) is 7.24. The molecule has 6 heteroatoms. The molecule has 1 atom stereocenters. The zero-order valence-corrected chi connectivity index (χ0v) is 19.3. The van der Waals surface area contributed by atoms with E-state index in [1.54, 1.807) is 15.9 Å². The Morgan fingerprint density at radius 2 is 1.79 bits per heavy atom. The fourth-order valence-electron chi connectivity index (χ4n) is 4.34. The van der Waals surface area contributed by atoms with Crippen LogP contribution in [0, 0.1) is 11.3 Å². The summed E-state index contributed by atoms with van der Waals surface area (Å²) in [6.45, 7) is 3.80. The molecule has 3 amide bonds. The first-order chi connectivity index (χ1) is 16.6. The second kappa shape index (κ2) is 10.7. The average molecular weight is 453 g/mol. The Morgan fingerprint density at radius 1 is 1.03 bits per heavy atom. The number of hydrogen-bond donors (Lipinski definition) is 1. The van der Waals surface area contributed by atoms with Gasteiger partial charge >= 0.3 is 6.03 Å². The third-order valence-electron chi connectivity index (χ3n) is 6.11. The summed E-state index contributed by atoms with van der Waals surface area (Å²) in [5.74, 6) is -0.251. The quantitative estimate of drug-likeness (QED) is 0.513. The highest BCUT2D eigenvalue weighted by molar-refractivity contribution is 5.97. The summed E-state index contributed by atoms with van der Waals surface area (Å²) >= 11 is 0. The number of nitriles is 1. The van der Waals surface area contributed by atoms with E-state index in [4.69, 9.17) is 5.26 Å². The fourth-order valence-corrected chi connectivity index (χ4v) is 4.34. The molecule has 1 aliphatic rings. The second-order valence-corrected chi connectivity index (χ2v) is 8.43. The van der Waals surface area contributed by atoms with Crippen molar-refractivity contribution in [3.63, 3.8) is 0 Å². The summed E-state index contributed by atoms with van der Waals surface area (Å²) in [6.07, 6.45) is 1.57. The van der Waals surface area contributed by atoms with Gasteiger partial charge in [-0.1, -0.05) is 49.4 Å². The number of nitrogens with one attached hydrogen (secondary N) is 1. The van der Waals surface area contributed by atoms with Crippen LogP contribution in [0.3, 0.4) is 0 Å². The highest BCUT2D eigenvalue weighted by Gasteiger charge is 2.27. The van der Waals surface area contributed by atoms with E-state index in [2.05, 4.69) is 11.4 Å². The summed E-state index contributed by atoms with van der Waals surface area (Å²) in [6, 6.07) is 26.7. The zero-order chi connectivity index (χ0) is 23.9. The van der Waals surface area contributed by atoms with Crippen LogP contribution in [0.25, 0.3) is 0 Å². The molecule has 0 spiro atoms. The van der Waals surface area contributed by atoms with Gasteiger partial charge in [0, 0.05) is 31.0 Å². The number of nitrogens with zero attached hydrogens (tertiary/aromatic N) is 3. The number of rotatable bonds is 7. The van der Waals surface area contributed by atoms with Crippen molar-refractivity contribution < 1.29 is 9.59 Å². The SMILES string of the molecule is CCC(C(=O)Nc1ccc(N2CCCN(Cc3cccc(C#N)c3)C2=O)cc1)c1ccccc1. The molecule has 3 aromatic rings. The molecule has 172 valence electrons. The van der Waals surface area contributed by atoms with Gasteiger partial charge in [-0.15, -0.1) is 0 Å². The minimum atomic E-state index is -0.211. The van der Waals surface area contributed by atoms with Gasteiger partial charge in [0.25, 0.3) is 0 Å². The molecule has 0 aromatic heterocycles. The van der Waals surface area contributed by atoms with Gasteiger partial charge < -0.3 is 10.2 Å². The summed E-state index contributed by atoms with van der Waals surface area (Å²) in [5.41, 5.74) is 4.04. The maximum Gasteiger partial charge on any atom is 0.324 e. The van der Waals surface area contributed by atoms with E-state index in [9.17, 15) is 9.59 Å². The molecule has 1 heterocycles. The lowest BCUT2D eigenvalue weighted by atomic mass is 9.95. The standard InChI is InChI=1S/C28H28N4O2/c1-2-26(23-10-4-3-5-11-23)27(33)30-24-12-14-25(15-13-24)32-17-7-16-31(28(32)34)20-22-9-6-8-21(18-22)19-29/h3-6,8-15,18,26H,2,7,16-17,20H2,1H3,(H,30,33). The lowest BCUT2D eigenvalue weighted by Crippen LogP contribution is -2.49. The van der Waals surface area contributed by atoms with Crippen LogP contribution in [-0.4, -0.2) is 29.9 Å². The van der Waals surface area contributed by atoms with Crippen molar-refractivity contribution in [3.8, 4) is 6.07 Å². The van der Waals surface area contributed by atoms with E-state index in [-0.39, 0.29) is 17.9 Å². The maximum atomic E-state index is 13.1. The number of amides is 3. The molecule has 1 N–H and O–H groups in total. The Bertz CT molecular complexity index is 1190. The monoisotopic (exact) mass is 452 g/mol. The molecule has 0 aliphatic carbocycles. The van der Waals surface area contributed by atoms with Gasteiger partial charge in [-0.05, 0) is 60.4 Å². The Hall–Kier alpha value is -4.11. The third-order valence-corrected chi connectivity index (χ3v) is 6.11. The van der Waals surface area contributed by atoms with Crippen molar-refractivity contribution in [2.45, 2.75) is 32.2 Å². The van der Waals surface area contributed by atoms with Crippen LogP contribution in [0.2, 0.25) is 0 Å². The molecule has 6 nitrogen and oxygen atoms in total. The van der Waals surface area contributed by atoms with Gasteiger partial charge in [0.15, 0.2) is 0 Å². The number of anilines is 2. The first-order valence-corrected chi connectivity index (χ1v) is 11.6. The van der Waals surface area contributed by atoms with Crippen molar-refractivity contribution >= 4 is 23.3 Å². The molecule has 1 saturated heterocycles. The normalized spacial score (nSPS) is 14.4. The fraction of sp³-hybridized carbons (Fsp3) is 0.250. The topological polar surface area (TPSA) is 76.4 Å². The van der Waals surface area contributed by atoms with Crippen molar-refractivity contribution in [3.05, 3.63) is 95.6 Å². The minimum absolute atomic E-state index is 0.0405. The van der Waals surface area contributed by atoms with Crippen molar-refractivity contribution in [2.24, 2.45) is 0 Å². The summed E-state index contributed by atoms with van der Waals surface area (Å²) in [7, 11) is 0. The number of hydrogen-bond acceptors (Lipinski definition) is 3. The first kappa shape index (κ1) is 23.1. The molecule has 34 heavy (non-hydrogen) atoms. The first-order valence-electron chi connectivity index (χ1n) is 11.6. The molecule has 0 saturated carbocycles. The van der Waals surface area contributed by atoms with E-state index in [0.29, 0.717) is 37.3 Å².